The van der Waals surface area contributed by atoms with E-state index in [4.69, 9.17) is 28.9 Å². The Labute approximate surface area is 124 Å². The molecule has 1 aromatic rings. The molecule has 3 nitrogen and oxygen atoms in total. The third-order valence-corrected chi connectivity index (χ3v) is 4.39. The highest BCUT2D eigenvalue weighted by Crippen LogP contribution is 2.28. The van der Waals surface area contributed by atoms with Crippen molar-refractivity contribution >= 4 is 29.1 Å². The number of nitrogens with zero attached hydrogens (tertiary/aromatic N) is 1. The minimum absolute atomic E-state index is 0.0218. The lowest BCUT2D eigenvalue weighted by molar-refractivity contribution is -0.140. The molecule has 106 valence electrons. The van der Waals surface area contributed by atoms with Crippen molar-refractivity contribution in [2.75, 3.05) is 13.6 Å². The van der Waals surface area contributed by atoms with E-state index in [0.29, 0.717) is 29.6 Å². The average molecular weight is 303 g/mol. The highest BCUT2D eigenvalue weighted by molar-refractivity contribution is 6.42. The van der Waals surface area contributed by atoms with Gasteiger partial charge in [0.05, 0.1) is 15.5 Å². The largest absolute Gasteiger partial charge is 0.341 e. The maximum atomic E-state index is 12.4. The first-order chi connectivity index (χ1) is 8.85. The maximum absolute atomic E-state index is 12.4. The molecule has 1 atom stereocenters. The summed E-state index contributed by atoms with van der Waals surface area (Å²) in [6.45, 7) is 4.60. The Balaban J connectivity index is 2.88. The van der Waals surface area contributed by atoms with Crippen LogP contribution in [0.2, 0.25) is 10.0 Å². The van der Waals surface area contributed by atoms with Crippen molar-refractivity contribution in [3.63, 3.8) is 0 Å². The Morgan fingerprint density at radius 2 is 2.05 bits per heavy atom. The fourth-order valence-corrected chi connectivity index (χ4v) is 2.22. The topological polar surface area (TPSA) is 46.3 Å². The standard InChI is InChI=1S/C14H20Cl2N2O/c1-4-14(2,9-17)13(19)18(3)8-10-6-5-7-11(15)12(10)16/h5-7H,4,8-9,17H2,1-3H3. The van der Waals surface area contributed by atoms with E-state index in [9.17, 15) is 4.79 Å². The zero-order chi connectivity index (χ0) is 14.6. The average Bonchev–Trinajstić information content (AvgIpc) is 2.42. The maximum Gasteiger partial charge on any atom is 0.229 e. The van der Waals surface area contributed by atoms with Gasteiger partial charge in [0.15, 0.2) is 0 Å². The molecule has 0 radical (unpaired) electrons. The van der Waals surface area contributed by atoms with Gasteiger partial charge in [-0.3, -0.25) is 4.79 Å². The van der Waals surface area contributed by atoms with Crippen LogP contribution in [0.3, 0.4) is 0 Å². The summed E-state index contributed by atoms with van der Waals surface area (Å²) >= 11 is 12.1. The lowest BCUT2D eigenvalue weighted by Gasteiger charge is -2.30. The van der Waals surface area contributed by atoms with Gasteiger partial charge in [-0.05, 0) is 25.0 Å². The normalized spacial score (nSPS) is 14.0. The predicted octanol–water partition coefficient (Wildman–Crippen LogP) is 3.33. The summed E-state index contributed by atoms with van der Waals surface area (Å²) in [7, 11) is 1.75. The molecule has 0 spiro atoms. The first-order valence-electron chi connectivity index (χ1n) is 6.24. The first-order valence-corrected chi connectivity index (χ1v) is 7.00. The summed E-state index contributed by atoms with van der Waals surface area (Å²) in [5, 5.41) is 0.992. The molecule has 5 heteroatoms. The molecule has 1 amide bonds. The van der Waals surface area contributed by atoms with Crippen LogP contribution in [0.25, 0.3) is 0 Å². The van der Waals surface area contributed by atoms with Gasteiger partial charge in [0, 0.05) is 20.1 Å². The molecule has 2 N–H and O–H groups in total. The SMILES string of the molecule is CCC(C)(CN)C(=O)N(C)Cc1cccc(Cl)c1Cl. The summed E-state index contributed by atoms with van der Waals surface area (Å²) < 4.78 is 0. The molecule has 0 aliphatic carbocycles. The van der Waals surface area contributed by atoms with Crippen molar-refractivity contribution < 1.29 is 4.79 Å². The van der Waals surface area contributed by atoms with Gasteiger partial charge in [0.25, 0.3) is 0 Å². The van der Waals surface area contributed by atoms with E-state index in [-0.39, 0.29) is 5.91 Å². The number of rotatable bonds is 5. The molecule has 1 unspecified atom stereocenters. The second kappa shape index (κ2) is 6.60. The summed E-state index contributed by atoms with van der Waals surface area (Å²) in [5.74, 6) is 0.0218. The van der Waals surface area contributed by atoms with Crippen LogP contribution in [0.15, 0.2) is 18.2 Å². The fourth-order valence-electron chi connectivity index (χ4n) is 1.84. The Morgan fingerprint density at radius 1 is 1.42 bits per heavy atom. The molecule has 0 aliphatic rings. The highest BCUT2D eigenvalue weighted by Gasteiger charge is 2.32. The van der Waals surface area contributed by atoms with Crippen LogP contribution in [-0.2, 0) is 11.3 Å². The number of benzene rings is 1. The summed E-state index contributed by atoms with van der Waals surface area (Å²) in [4.78, 5) is 14.0. The van der Waals surface area contributed by atoms with Crippen molar-refractivity contribution in [2.45, 2.75) is 26.8 Å². The Kier molecular flexibility index (Phi) is 5.65. The highest BCUT2D eigenvalue weighted by atomic mass is 35.5. The third-order valence-electron chi connectivity index (χ3n) is 3.53. The van der Waals surface area contributed by atoms with Crippen LogP contribution in [0.1, 0.15) is 25.8 Å². The van der Waals surface area contributed by atoms with Crippen LogP contribution in [-0.4, -0.2) is 24.4 Å². The van der Waals surface area contributed by atoms with E-state index in [1.54, 1.807) is 18.0 Å². The molecule has 0 aromatic heterocycles. The van der Waals surface area contributed by atoms with Gasteiger partial charge >= 0.3 is 0 Å². The monoisotopic (exact) mass is 302 g/mol. The van der Waals surface area contributed by atoms with Gasteiger partial charge in [-0.1, -0.05) is 42.3 Å². The smallest absolute Gasteiger partial charge is 0.229 e. The van der Waals surface area contributed by atoms with E-state index >= 15 is 0 Å². The second-order valence-corrected chi connectivity index (χ2v) is 5.78. The first kappa shape index (κ1) is 16.3. The van der Waals surface area contributed by atoms with E-state index in [0.717, 1.165) is 5.56 Å². The zero-order valence-corrected chi connectivity index (χ0v) is 13.1. The van der Waals surface area contributed by atoms with E-state index in [1.165, 1.54) is 0 Å². The van der Waals surface area contributed by atoms with Gasteiger partial charge in [-0.15, -0.1) is 0 Å². The van der Waals surface area contributed by atoms with Crippen molar-refractivity contribution in [1.82, 2.24) is 4.90 Å². The van der Waals surface area contributed by atoms with Gasteiger partial charge in [-0.2, -0.15) is 0 Å². The van der Waals surface area contributed by atoms with Gasteiger partial charge in [-0.25, -0.2) is 0 Å². The van der Waals surface area contributed by atoms with E-state index < -0.39 is 5.41 Å². The molecule has 0 saturated heterocycles. The molecular weight excluding hydrogens is 283 g/mol. The lowest BCUT2D eigenvalue weighted by atomic mass is 9.86. The van der Waals surface area contributed by atoms with Crippen molar-refractivity contribution in [2.24, 2.45) is 11.1 Å². The number of hydrogen-bond acceptors (Lipinski definition) is 2. The minimum Gasteiger partial charge on any atom is -0.341 e. The van der Waals surface area contributed by atoms with Crippen LogP contribution < -0.4 is 5.73 Å². The van der Waals surface area contributed by atoms with Crippen molar-refractivity contribution in [3.8, 4) is 0 Å². The summed E-state index contributed by atoms with van der Waals surface area (Å²) in [6.07, 6.45) is 0.704. The molecule has 0 fully saturated rings. The molecule has 1 rings (SSSR count). The summed E-state index contributed by atoms with van der Waals surface area (Å²) in [5.41, 5.74) is 6.01. The van der Waals surface area contributed by atoms with Crippen LogP contribution >= 0.6 is 23.2 Å². The molecule has 0 bridgehead atoms. The third kappa shape index (κ3) is 3.62. The van der Waals surface area contributed by atoms with Crippen LogP contribution in [0.5, 0.6) is 0 Å². The van der Waals surface area contributed by atoms with Crippen LogP contribution in [0.4, 0.5) is 0 Å². The number of carbonyl (C=O) groups excluding carboxylic acids is 1. The Bertz CT molecular complexity index is 459. The van der Waals surface area contributed by atoms with Gasteiger partial charge < -0.3 is 10.6 Å². The lowest BCUT2D eigenvalue weighted by Crippen LogP contribution is -2.44. The van der Waals surface area contributed by atoms with Gasteiger partial charge in [0.1, 0.15) is 0 Å². The number of amides is 1. The second-order valence-electron chi connectivity index (χ2n) is 4.99. The van der Waals surface area contributed by atoms with E-state index in [2.05, 4.69) is 0 Å². The zero-order valence-electron chi connectivity index (χ0n) is 11.5. The summed E-state index contributed by atoms with van der Waals surface area (Å²) in [6, 6.07) is 5.42. The van der Waals surface area contributed by atoms with Crippen molar-refractivity contribution in [3.05, 3.63) is 33.8 Å². The molecule has 19 heavy (non-hydrogen) atoms. The number of carbonyl (C=O) groups is 1. The van der Waals surface area contributed by atoms with Crippen molar-refractivity contribution in [1.29, 1.82) is 0 Å². The van der Waals surface area contributed by atoms with E-state index in [1.807, 2.05) is 26.0 Å². The number of nitrogens with two attached hydrogens (primary N) is 1. The number of halogens is 2. The molecule has 0 heterocycles. The fraction of sp³-hybridized carbons (Fsp3) is 0.500. The Hall–Kier alpha value is -0.770. The predicted molar refractivity (Wildman–Crippen MR) is 80.4 cm³/mol. The quantitative estimate of drug-likeness (QED) is 0.907. The van der Waals surface area contributed by atoms with Gasteiger partial charge in [0.2, 0.25) is 5.91 Å². The van der Waals surface area contributed by atoms with Crippen LogP contribution in [0, 0.1) is 5.41 Å². The molecule has 1 aromatic carbocycles. The Morgan fingerprint density at radius 3 is 2.58 bits per heavy atom. The minimum atomic E-state index is -0.528. The molecule has 0 saturated carbocycles. The molecule has 0 aliphatic heterocycles. The molecular formula is C14H20Cl2N2O. The number of hydrogen-bond donors (Lipinski definition) is 1.